The average molecular weight is 1230 g/mol. The molecule has 3 amide bonds. The number of nitrogens with zero attached hydrogens (tertiary/aromatic N) is 3. The van der Waals surface area contributed by atoms with Crippen LogP contribution in [0.2, 0.25) is 0 Å². The fourth-order valence-corrected chi connectivity index (χ4v) is 9.38. The predicted octanol–water partition coefficient (Wildman–Crippen LogP) is 9.69. The highest BCUT2D eigenvalue weighted by Gasteiger charge is 2.44. The molecule has 2 aromatic rings. The van der Waals surface area contributed by atoms with Gasteiger partial charge in [-0.1, -0.05) is 65.8 Å². The lowest BCUT2D eigenvalue weighted by Crippen LogP contribution is -2.54. The lowest BCUT2D eigenvalue weighted by molar-refractivity contribution is -0.175. The van der Waals surface area contributed by atoms with E-state index >= 15 is 8.78 Å². The van der Waals surface area contributed by atoms with Gasteiger partial charge in [0, 0.05) is 56.6 Å². The second-order valence-electron chi connectivity index (χ2n) is 23.8. The van der Waals surface area contributed by atoms with E-state index in [1.54, 1.807) is 20.8 Å². The van der Waals surface area contributed by atoms with Crippen molar-refractivity contribution in [1.82, 2.24) is 20.0 Å². The van der Waals surface area contributed by atoms with Gasteiger partial charge >= 0.3 is 40.9 Å². The first-order valence-corrected chi connectivity index (χ1v) is 27.8. The molecule has 0 saturated heterocycles. The van der Waals surface area contributed by atoms with E-state index in [4.69, 9.17) is 18.9 Å². The Bertz CT molecular complexity index is 2550. The van der Waals surface area contributed by atoms with Gasteiger partial charge in [0.05, 0.1) is 0 Å². The van der Waals surface area contributed by atoms with Gasteiger partial charge in [-0.25, -0.2) is 28.0 Å². The maximum Gasteiger partial charge on any atom is 0.446 e. The molecule has 0 aliphatic rings. The Balaban J connectivity index is 2.60. The van der Waals surface area contributed by atoms with Gasteiger partial charge in [0.25, 0.3) is 17.7 Å². The van der Waals surface area contributed by atoms with Crippen LogP contribution in [0.5, 0.6) is 0 Å². The maximum atomic E-state index is 15.6. The first kappa shape index (κ1) is 73.4. The van der Waals surface area contributed by atoms with E-state index in [1.807, 2.05) is 20.8 Å². The van der Waals surface area contributed by atoms with Crippen molar-refractivity contribution in [2.75, 3.05) is 28.2 Å². The second-order valence-corrected chi connectivity index (χ2v) is 26.0. The zero-order valence-electron chi connectivity index (χ0n) is 49.5. The number of carbonyl (C=O) groups excluding carboxylic acids is 7. The smallest absolute Gasteiger partial charge is 0.446 e. The van der Waals surface area contributed by atoms with Gasteiger partial charge in [-0.05, 0) is 131 Å². The number of alkyl halides is 8. The standard InChI is InChI=1S/C56H78F8N4O13S2/c1-31(78-47(74)37(65-13)27-51(3,4)5)43(69)66(14)39(29-53(9,10)57)49(76)80-41(25-33-17-21-35(22-18-33)82-55(59,60)61)45(71)68(16)38(28-52(6,7)8)48(75)79-32(2)44(70)67(15)40(30-54(11,12)58)50(77)81-42(46(72)73)26-34-19-23-36(24-20-34)83-56(62,63)64/h17-24,31-32,37-42,65H,25-30H2,1-16H3,(H,72,73)/t31-,32-,37+,38+,39+,40+,41-,42-/m1/s1. The quantitative estimate of drug-likeness (QED) is 0.0351. The van der Waals surface area contributed by atoms with Crippen LogP contribution >= 0.6 is 23.5 Å². The summed E-state index contributed by atoms with van der Waals surface area (Å²) < 4.78 is 132. The first-order valence-electron chi connectivity index (χ1n) is 26.2. The van der Waals surface area contributed by atoms with Gasteiger partial charge < -0.3 is 44.1 Å². The zero-order valence-corrected chi connectivity index (χ0v) is 51.1. The van der Waals surface area contributed by atoms with Gasteiger partial charge in [0.15, 0.2) is 18.3 Å². The van der Waals surface area contributed by atoms with Crippen molar-refractivity contribution in [2.45, 2.75) is 202 Å². The molecule has 2 N–H and O–H groups in total. The van der Waals surface area contributed by atoms with Gasteiger partial charge in [-0.3, -0.25) is 19.2 Å². The number of carboxylic acid groups (broad SMARTS) is 1. The van der Waals surface area contributed by atoms with Crippen LogP contribution in [0.3, 0.4) is 0 Å². The van der Waals surface area contributed by atoms with Crippen LogP contribution in [0.15, 0.2) is 58.3 Å². The van der Waals surface area contributed by atoms with Gasteiger partial charge in [-0.2, -0.15) is 26.3 Å². The fraction of sp³-hybridized carbons (Fsp3) is 0.643. The number of hydrogen-bond donors (Lipinski definition) is 2. The number of carboxylic acids is 1. The molecule has 0 heterocycles. The summed E-state index contributed by atoms with van der Waals surface area (Å²) >= 11 is -0.839. The van der Waals surface area contributed by atoms with Crippen molar-refractivity contribution in [2.24, 2.45) is 10.8 Å². The normalized spacial score (nSPS) is 15.5. The Morgan fingerprint density at radius 3 is 1.12 bits per heavy atom. The van der Waals surface area contributed by atoms with E-state index in [9.17, 15) is 69.8 Å². The van der Waals surface area contributed by atoms with Crippen molar-refractivity contribution in [3.05, 3.63) is 59.7 Å². The highest BCUT2D eigenvalue weighted by molar-refractivity contribution is 8.00. The summed E-state index contributed by atoms with van der Waals surface area (Å²) in [4.78, 5) is 113. The fourth-order valence-electron chi connectivity index (χ4n) is 8.30. The van der Waals surface area contributed by atoms with E-state index in [0.29, 0.717) is 11.3 Å². The third kappa shape index (κ3) is 26.4. The molecule has 0 radical (unpaired) electrons. The van der Waals surface area contributed by atoms with Crippen molar-refractivity contribution >= 4 is 71.1 Å². The Morgan fingerprint density at radius 1 is 0.482 bits per heavy atom. The van der Waals surface area contributed by atoms with Crippen LogP contribution in [0.1, 0.15) is 120 Å². The molecule has 0 saturated carbocycles. The van der Waals surface area contributed by atoms with Crippen molar-refractivity contribution in [1.29, 1.82) is 0 Å². The zero-order chi connectivity index (χ0) is 64.1. The number of hydrogen-bond acceptors (Lipinski definition) is 15. The number of thioether (sulfide) groups is 2. The molecular formula is C56H78F8N4O13S2. The van der Waals surface area contributed by atoms with Crippen LogP contribution in [0.4, 0.5) is 35.1 Å². The molecule has 0 aliphatic heterocycles. The number of ether oxygens (including phenoxy) is 4. The molecule has 83 heavy (non-hydrogen) atoms. The largest absolute Gasteiger partial charge is 0.478 e. The minimum absolute atomic E-state index is 0.131. The van der Waals surface area contributed by atoms with Gasteiger partial charge in [-0.15, -0.1) is 0 Å². The molecule has 468 valence electrons. The van der Waals surface area contributed by atoms with E-state index in [0.717, 1.165) is 89.8 Å². The molecule has 0 bridgehead atoms. The summed E-state index contributed by atoms with van der Waals surface area (Å²) in [6, 6.07) is 2.98. The summed E-state index contributed by atoms with van der Waals surface area (Å²) in [7, 11) is 4.79. The van der Waals surface area contributed by atoms with Crippen molar-refractivity contribution in [3.63, 3.8) is 0 Å². The molecule has 0 unspecified atom stereocenters. The van der Waals surface area contributed by atoms with Crippen molar-refractivity contribution < 1.29 is 97.5 Å². The monoisotopic (exact) mass is 1230 g/mol. The van der Waals surface area contributed by atoms with Crippen LogP contribution in [0, 0.1) is 10.8 Å². The number of nitrogens with one attached hydrogen (secondary N) is 1. The van der Waals surface area contributed by atoms with Crippen LogP contribution in [0.25, 0.3) is 0 Å². The number of carbonyl (C=O) groups is 8. The van der Waals surface area contributed by atoms with Crippen LogP contribution in [-0.2, 0) is 70.1 Å². The van der Waals surface area contributed by atoms with E-state index < -0.39 is 173 Å². The molecule has 2 aromatic carbocycles. The van der Waals surface area contributed by atoms with E-state index in [-0.39, 0.29) is 32.8 Å². The van der Waals surface area contributed by atoms with Gasteiger partial charge in [0.1, 0.15) is 35.5 Å². The average Bonchev–Trinajstić information content (AvgIpc) is 3.42. The molecule has 0 aliphatic carbocycles. The molecular weight excluding hydrogens is 1150 g/mol. The summed E-state index contributed by atoms with van der Waals surface area (Å²) in [5.41, 5.74) is -14.6. The summed E-state index contributed by atoms with van der Waals surface area (Å²) in [5.74, 6) is -9.73. The van der Waals surface area contributed by atoms with Crippen LogP contribution in [-0.4, -0.2) is 167 Å². The van der Waals surface area contributed by atoms with Crippen molar-refractivity contribution in [3.8, 4) is 0 Å². The third-order valence-electron chi connectivity index (χ3n) is 12.4. The highest BCUT2D eigenvalue weighted by Crippen LogP contribution is 2.38. The molecule has 2 rings (SSSR count). The number of aliphatic carboxylic acids is 1. The molecule has 17 nitrogen and oxygen atoms in total. The minimum Gasteiger partial charge on any atom is -0.478 e. The number of likely N-dealkylation sites (N-methyl/N-ethyl adjacent to an activating group) is 4. The maximum absolute atomic E-state index is 15.6. The molecule has 0 aromatic heterocycles. The predicted molar refractivity (Wildman–Crippen MR) is 293 cm³/mol. The molecule has 8 atom stereocenters. The Morgan fingerprint density at radius 2 is 0.795 bits per heavy atom. The summed E-state index contributed by atoms with van der Waals surface area (Å²) in [6.07, 6.45) is -9.86. The topological polar surface area (TPSA) is 215 Å². The van der Waals surface area contributed by atoms with E-state index in [2.05, 4.69) is 5.32 Å². The summed E-state index contributed by atoms with van der Waals surface area (Å²) in [6.45, 7) is 17.3. The number of benzene rings is 2. The molecule has 0 spiro atoms. The Labute approximate surface area is 487 Å². The highest BCUT2D eigenvalue weighted by atomic mass is 32.2. The van der Waals surface area contributed by atoms with Crippen LogP contribution < -0.4 is 5.32 Å². The number of amides is 3. The Kier molecular flexibility index (Phi) is 26.4. The number of esters is 4. The Hall–Kier alpha value is -5.70. The second kappa shape index (κ2) is 29.9. The molecule has 0 fully saturated rings. The minimum atomic E-state index is -4.67. The SMILES string of the molecule is CN[C@@H](CC(C)(C)C)C(=O)O[C@H](C)C(=O)N(C)[C@@H](CC(C)(C)F)C(=O)O[C@H](Cc1ccc(SC(F)(F)F)cc1)C(=O)N(C)[C@@H](CC(C)(C)C)C(=O)O[C@H](C)C(=O)N(C)[C@@H](CC(C)(C)F)C(=O)O[C@H](Cc1ccc(SC(F)(F)F)cc1)C(=O)O. The number of rotatable bonds is 28. The van der Waals surface area contributed by atoms with Gasteiger partial charge in [0.2, 0.25) is 6.10 Å². The first-order chi connectivity index (χ1) is 37.6. The molecule has 27 heteroatoms. The number of halogens is 8. The van der Waals surface area contributed by atoms with E-state index in [1.165, 1.54) is 38.2 Å². The lowest BCUT2D eigenvalue weighted by Gasteiger charge is -2.36. The third-order valence-corrected chi connectivity index (χ3v) is 13.9. The summed E-state index contributed by atoms with van der Waals surface area (Å²) in [5, 5.41) is 12.8. The lowest BCUT2D eigenvalue weighted by atomic mass is 9.87.